The van der Waals surface area contributed by atoms with Crippen LogP contribution in [0.4, 0.5) is 20.6 Å². The number of nitrogens with zero attached hydrogens (tertiary/aromatic N) is 1. The molecule has 0 spiro atoms. The number of benzene rings is 1. The van der Waals surface area contributed by atoms with Gasteiger partial charge in [0.2, 0.25) is 5.91 Å². The van der Waals surface area contributed by atoms with E-state index in [2.05, 4.69) is 5.32 Å². The number of anilines is 2. The topological polar surface area (TPSA) is 69.6 Å². The van der Waals surface area contributed by atoms with E-state index in [1.807, 2.05) is 0 Å². The number of carbonyl (C=O) groups is 2. The number of hydrogen-bond donors (Lipinski definition) is 2. The van der Waals surface area contributed by atoms with Gasteiger partial charge >= 0.3 is 6.09 Å². The number of amides is 2. The van der Waals surface area contributed by atoms with E-state index in [9.17, 15) is 14.0 Å². The molecule has 0 saturated carbocycles. The summed E-state index contributed by atoms with van der Waals surface area (Å²) in [7, 11) is 0. The molecule has 1 unspecified atom stereocenters. The lowest BCUT2D eigenvalue weighted by Crippen LogP contribution is -2.50. The molecule has 1 aromatic carbocycles. The largest absolute Gasteiger partial charge is 0.465 e. The van der Waals surface area contributed by atoms with E-state index in [0.29, 0.717) is 12.1 Å². The van der Waals surface area contributed by atoms with Crippen LogP contribution in [0, 0.1) is 5.82 Å². The van der Waals surface area contributed by atoms with Gasteiger partial charge in [-0.3, -0.25) is 9.69 Å². The molecule has 1 aromatic rings. The van der Waals surface area contributed by atoms with Gasteiger partial charge in [-0.05, 0) is 24.6 Å². The highest BCUT2D eigenvalue weighted by Crippen LogP contribution is 2.33. The van der Waals surface area contributed by atoms with Crippen molar-refractivity contribution in [3.8, 4) is 0 Å². The molecule has 0 fully saturated rings. The predicted molar refractivity (Wildman–Crippen MR) is 59.6 cm³/mol. The van der Waals surface area contributed by atoms with Crippen molar-refractivity contribution in [3.63, 3.8) is 0 Å². The molecule has 0 aliphatic carbocycles. The average molecular weight is 238 g/mol. The predicted octanol–water partition coefficient (Wildman–Crippen LogP) is 2.04. The molecule has 0 bridgehead atoms. The molecule has 1 aliphatic rings. The zero-order valence-corrected chi connectivity index (χ0v) is 9.11. The molecular formula is C11H11FN2O3. The number of carbonyl (C=O) groups excluding carboxylic acids is 1. The van der Waals surface area contributed by atoms with Crippen molar-refractivity contribution in [2.75, 3.05) is 10.2 Å². The van der Waals surface area contributed by atoms with Crippen LogP contribution in [-0.2, 0) is 4.79 Å². The zero-order chi connectivity index (χ0) is 12.6. The fourth-order valence-corrected chi connectivity index (χ4v) is 1.92. The molecule has 5 nitrogen and oxygen atoms in total. The van der Waals surface area contributed by atoms with Crippen molar-refractivity contribution in [1.29, 1.82) is 0 Å². The second kappa shape index (κ2) is 4.04. The normalized spacial score (nSPS) is 18.6. The van der Waals surface area contributed by atoms with E-state index in [1.165, 1.54) is 12.1 Å². The minimum Gasteiger partial charge on any atom is -0.465 e. The maximum Gasteiger partial charge on any atom is 0.412 e. The van der Waals surface area contributed by atoms with Crippen molar-refractivity contribution < 1.29 is 19.1 Å². The number of hydrogen-bond acceptors (Lipinski definition) is 2. The third-order valence-corrected chi connectivity index (χ3v) is 2.68. The highest BCUT2D eigenvalue weighted by atomic mass is 19.1. The van der Waals surface area contributed by atoms with E-state index in [4.69, 9.17) is 5.11 Å². The van der Waals surface area contributed by atoms with Gasteiger partial charge in [0.1, 0.15) is 11.9 Å². The van der Waals surface area contributed by atoms with E-state index < -0.39 is 23.9 Å². The first-order chi connectivity index (χ1) is 8.04. The minimum absolute atomic E-state index is 0.170. The Labute approximate surface area is 96.8 Å². The lowest BCUT2D eigenvalue weighted by molar-refractivity contribution is -0.117. The Balaban J connectivity index is 2.56. The lowest BCUT2D eigenvalue weighted by Gasteiger charge is -2.33. The van der Waals surface area contributed by atoms with Crippen LogP contribution in [0.5, 0.6) is 0 Å². The summed E-state index contributed by atoms with van der Waals surface area (Å²) in [6.45, 7) is 1.70. The van der Waals surface area contributed by atoms with Crippen molar-refractivity contribution in [3.05, 3.63) is 24.0 Å². The first-order valence-electron chi connectivity index (χ1n) is 5.17. The van der Waals surface area contributed by atoms with Crippen LogP contribution in [0.25, 0.3) is 0 Å². The van der Waals surface area contributed by atoms with Crippen LogP contribution >= 0.6 is 0 Å². The number of nitrogens with one attached hydrogen (secondary N) is 1. The number of fused-ring (bicyclic) bond motifs is 1. The van der Waals surface area contributed by atoms with Gasteiger partial charge in [-0.15, -0.1) is 0 Å². The Kier molecular flexibility index (Phi) is 2.71. The first-order valence-corrected chi connectivity index (χ1v) is 5.17. The molecule has 0 aromatic heterocycles. The van der Waals surface area contributed by atoms with Gasteiger partial charge in [0.25, 0.3) is 0 Å². The first kappa shape index (κ1) is 11.4. The van der Waals surface area contributed by atoms with Crippen LogP contribution in [0.3, 0.4) is 0 Å². The van der Waals surface area contributed by atoms with Crippen LogP contribution < -0.4 is 10.2 Å². The summed E-state index contributed by atoms with van der Waals surface area (Å²) >= 11 is 0. The number of rotatable bonds is 1. The molecule has 0 radical (unpaired) electrons. The van der Waals surface area contributed by atoms with Crippen molar-refractivity contribution in [2.24, 2.45) is 0 Å². The summed E-state index contributed by atoms with van der Waals surface area (Å²) in [5.74, 6) is -0.935. The van der Waals surface area contributed by atoms with Gasteiger partial charge in [-0.25, -0.2) is 9.18 Å². The van der Waals surface area contributed by atoms with Crippen LogP contribution in [-0.4, -0.2) is 23.1 Å². The van der Waals surface area contributed by atoms with Gasteiger partial charge in [-0.1, -0.05) is 6.92 Å². The molecule has 90 valence electrons. The van der Waals surface area contributed by atoms with Crippen molar-refractivity contribution in [2.45, 2.75) is 19.4 Å². The summed E-state index contributed by atoms with van der Waals surface area (Å²) in [5.41, 5.74) is 0.479. The highest BCUT2D eigenvalue weighted by molar-refractivity contribution is 6.09. The second-order valence-corrected chi connectivity index (χ2v) is 3.73. The van der Waals surface area contributed by atoms with Crippen molar-refractivity contribution in [1.82, 2.24) is 0 Å². The van der Waals surface area contributed by atoms with Gasteiger partial charge in [0.15, 0.2) is 0 Å². The Morgan fingerprint density at radius 2 is 2.29 bits per heavy atom. The third kappa shape index (κ3) is 1.82. The van der Waals surface area contributed by atoms with Gasteiger partial charge in [0.05, 0.1) is 11.4 Å². The van der Waals surface area contributed by atoms with Crippen LogP contribution in [0.1, 0.15) is 13.3 Å². The van der Waals surface area contributed by atoms with Gasteiger partial charge < -0.3 is 10.4 Å². The quantitative estimate of drug-likeness (QED) is 0.786. The molecule has 1 heterocycles. The Bertz CT molecular complexity index is 490. The number of carboxylic acid groups (broad SMARTS) is 1. The Hall–Kier alpha value is -2.11. The summed E-state index contributed by atoms with van der Waals surface area (Å²) in [6.07, 6.45) is -0.938. The monoisotopic (exact) mass is 238 g/mol. The van der Waals surface area contributed by atoms with Crippen LogP contribution in [0.15, 0.2) is 18.2 Å². The molecule has 2 rings (SSSR count). The number of halogens is 1. The maximum atomic E-state index is 13.1. The molecule has 17 heavy (non-hydrogen) atoms. The minimum atomic E-state index is -1.27. The molecule has 0 saturated heterocycles. The Morgan fingerprint density at radius 1 is 1.59 bits per heavy atom. The maximum absolute atomic E-state index is 13.1. The Morgan fingerprint density at radius 3 is 2.88 bits per heavy atom. The highest BCUT2D eigenvalue weighted by Gasteiger charge is 2.35. The van der Waals surface area contributed by atoms with Crippen LogP contribution in [0.2, 0.25) is 0 Å². The van der Waals surface area contributed by atoms with Gasteiger partial charge in [-0.2, -0.15) is 0 Å². The summed E-state index contributed by atoms with van der Waals surface area (Å²) in [6, 6.07) is 2.81. The fraction of sp³-hybridized carbons (Fsp3) is 0.273. The second-order valence-electron chi connectivity index (χ2n) is 3.73. The van der Waals surface area contributed by atoms with E-state index in [-0.39, 0.29) is 5.69 Å². The molecule has 2 amide bonds. The molecule has 2 N–H and O–H groups in total. The van der Waals surface area contributed by atoms with Gasteiger partial charge in [0, 0.05) is 0 Å². The lowest BCUT2D eigenvalue weighted by atomic mass is 10.1. The van der Waals surface area contributed by atoms with Crippen molar-refractivity contribution >= 4 is 23.4 Å². The molecular weight excluding hydrogens is 227 g/mol. The smallest absolute Gasteiger partial charge is 0.412 e. The SMILES string of the molecule is CCC1C(=O)Nc2ccc(F)cc2N1C(=O)O. The van der Waals surface area contributed by atoms with E-state index >= 15 is 0 Å². The standard InChI is InChI=1S/C11H11FN2O3/c1-2-8-10(15)13-7-4-3-6(12)5-9(7)14(8)11(16)17/h3-5,8H,2H2,1H3,(H,13,15)(H,16,17). The molecule has 6 heteroatoms. The van der Waals surface area contributed by atoms with E-state index in [1.54, 1.807) is 6.92 Å². The fourth-order valence-electron chi connectivity index (χ4n) is 1.92. The average Bonchev–Trinajstić information content (AvgIpc) is 2.27. The summed E-state index contributed by atoms with van der Waals surface area (Å²) in [4.78, 5) is 23.7. The molecule has 1 atom stereocenters. The zero-order valence-electron chi connectivity index (χ0n) is 9.11. The van der Waals surface area contributed by atoms with E-state index in [0.717, 1.165) is 11.0 Å². The molecule has 1 aliphatic heterocycles. The summed E-state index contributed by atoms with van der Waals surface area (Å²) in [5, 5.41) is 11.7. The summed E-state index contributed by atoms with van der Waals surface area (Å²) < 4.78 is 13.1. The third-order valence-electron chi connectivity index (χ3n) is 2.68.